The normalized spacial score (nSPS) is 40.6. The molecular formula is C13H19ClN4. The van der Waals surface area contributed by atoms with Crippen LogP contribution in [0, 0.1) is 6.92 Å². The molecule has 0 radical (unpaired) electrons. The van der Waals surface area contributed by atoms with Gasteiger partial charge in [0.2, 0.25) is 0 Å². The predicted octanol–water partition coefficient (Wildman–Crippen LogP) is -2.00. The molecule has 0 aromatic heterocycles. The summed E-state index contributed by atoms with van der Waals surface area (Å²) in [6.07, 6.45) is 0. The summed E-state index contributed by atoms with van der Waals surface area (Å²) in [7, 11) is 0. The highest BCUT2D eigenvalue weighted by atomic mass is 35.5. The molecule has 18 heavy (non-hydrogen) atoms. The van der Waals surface area contributed by atoms with Crippen molar-refractivity contribution in [2.45, 2.75) is 6.92 Å². The highest BCUT2D eigenvalue weighted by molar-refractivity contribution is 5.50. The fourth-order valence-corrected chi connectivity index (χ4v) is 3.86. The Labute approximate surface area is 114 Å². The van der Waals surface area contributed by atoms with Crippen LogP contribution in [0.2, 0.25) is 0 Å². The molecule has 5 rings (SSSR count). The van der Waals surface area contributed by atoms with Gasteiger partial charge in [-0.25, -0.2) is 14.7 Å². The van der Waals surface area contributed by atoms with E-state index in [-0.39, 0.29) is 12.4 Å². The molecule has 4 aliphatic heterocycles. The zero-order valence-corrected chi connectivity index (χ0v) is 11.5. The first-order chi connectivity index (χ1) is 8.25. The Morgan fingerprint density at radius 1 is 0.889 bits per heavy atom. The van der Waals surface area contributed by atoms with Crippen LogP contribution >= 0.6 is 0 Å². The number of para-hydroxylation sites is 1. The summed E-state index contributed by atoms with van der Waals surface area (Å²) in [6, 6.07) is 8.88. The molecule has 0 N–H and O–H groups in total. The van der Waals surface area contributed by atoms with Crippen molar-refractivity contribution in [3.05, 3.63) is 29.8 Å². The van der Waals surface area contributed by atoms with Gasteiger partial charge in [-0.05, 0) is 13.0 Å². The molecule has 5 heteroatoms. The molecule has 0 saturated carbocycles. The fraction of sp³-hybridized carbons (Fsp3) is 0.538. The summed E-state index contributed by atoms with van der Waals surface area (Å²) >= 11 is 0. The largest absolute Gasteiger partial charge is 1.00 e. The SMILES string of the molecule is Cc1ccccc1[N+]12CN3CN(CN(C3)C1)C2.[Cl-]. The minimum Gasteiger partial charge on any atom is -1.00 e. The number of quaternary nitrogens is 1. The second-order valence-corrected chi connectivity index (χ2v) is 5.79. The van der Waals surface area contributed by atoms with Gasteiger partial charge in [0, 0.05) is 5.56 Å². The Morgan fingerprint density at radius 2 is 1.39 bits per heavy atom. The second-order valence-electron chi connectivity index (χ2n) is 5.79. The minimum atomic E-state index is 0. The summed E-state index contributed by atoms with van der Waals surface area (Å²) in [5.74, 6) is 0. The molecule has 0 unspecified atom stereocenters. The van der Waals surface area contributed by atoms with Gasteiger partial charge in [0.15, 0.2) is 0 Å². The Hall–Kier alpha value is -0.650. The number of aryl methyl sites for hydroxylation is 1. The van der Waals surface area contributed by atoms with Gasteiger partial charge in [0.1, 0.15) is 25.7 Å². The molecular weight excluding hydrogens is 248 g/mol. The molecule has 0 aliphatic carbocycles. The number of nitrogens with zero attached hydrogens (tertiary/aromatic N) is 4. The molecule has 1 aromatic rings. The van der Waals surface area contributed by atoms with E-state index in [0.717, 1.165) is 24.5 Å². The molecule has 4 fully saturated rings. The quantitative estimate of drug-likeness (QED) is 0.545. The van der Waals surface area contributed by atoms with Gasteiger partial charge >= 0.3 is 0 Å². The lowest BCUT2D eigenvalue weighted by Crippen LogP contribution is -3.00. The van der Waals surface area contributed by atoms with Gasteiger partial charge in [-0.2, -0.15) is 0 Å². The number of hydrogen-bond acceptors (Lipinski definition) is 3. The zero-order valence-electron chi connectivity index (χ0n) is 10.7. The second kappa shape index (κ2) is 4.18. The smallest absolute Gasteiger partial charge is 0.143 e. The van der Waals surface area contributed by atoms with Crippen LogP contribution in [-0.2, 0) is 0 Å². The monoisotopic (exact) mass is 266 g/mol. The van der Waals surface area contributed by atoms with Gasteiger partial charge < -0.3 is 12.4 Å². The molecule has 4 aliphatic rings. The van der Waals surface area contributed by atoms with Gasteiger partial charge in [0.25, 0.3) is 0 Å². The molecule has 4 bridgehead atoms. The maximum Gasteiger partial charge on any atom is 0.143 e. The Morgan fingerprint density at radius 3 is 1.89 bits per heavy atom. The third kappa shape index (κ3) is 1.68. The lowest BCUT2D eigenvalue weighted by molar-refractivity contribution is -0.189. The van der Waals surface area contributed by atoms with Crippen molar-refractivity contribution in [2.24, 2.45) is 0 Å². The third-order valence-corrected chi connectivity index (χ3v) is 4.24. The molecule has 0 atom stereocenters. The average molecular weight is 267 g/mol. The molecule has 0 spiro atoms. The molecule has 4 nitrogen and oxygen atoms in total. The van der Waals surface area contributed by atoms with Gasteiger partial charge in [-0.15, -0.1) is 0 Å². The highest BCUT2D eigenvalue weighted by Crippen LogP contribution is 2.36. The van der Waals surface area contributed by atoms with E-state index in [2.05, 4.69) is 45.9 Å². The van der Waals surface area contributed by atoms with E-state index in [9.17, 15) is 0 Å². The molecule has 98 valence electrons. The van der Waals surface area contributed by atoms with E-state index in [1.54, 1.807) is 0 Å². The van der Waals surface area contributed by atoms with Crippen LogP contribution in [-0.4, -0.2) is 54.7 Å². The highest BCUT2D eigenvalue weighted by Gasteiger charge is 2.50. The fourth-order valence-electron chi connectivity index (χ4n) is 3.86. The third-order valence-electron chi connectivity index (χ3n) is 4.24. The molecule has 4 saturated heterocycles. The number of halogens is 1. The predicted molar refractivity (Wildman–Crippen MR) is 67.7 cm³/mol. The van der Waals surface area contributed by atoms with Gasteiger partial charge in [-0.1, -0.05) is 18.2 Å². The van der Waals surface area contributed by atoms with E-state index in [0.29, 0.717) is 0 Å². The van der Waals surface area contributed by atoms with Crippen LogP contribution in [0.3, 0.4) is 0 Å². The number of benzene rings is 1. The summed E-state index contributed by atoms with van der Waals surface area (Å²) in [6.45, 7) is 9.24. The molecule has 1 aromatic carbocycles. The van der Waals surface area contributed by atoms with Crippen LogP contribution < -0.4 is 16.9 Å². The molecule has 0 amide bonds. The van der Waals surface area contributed by atoms with Crippen LogP contribution in [0.5, 0.6) is 0 Å². The lowest BCUT2D eigenvalue weighted by Gasteiger charge is -2.60. The van der Waals surface area contributed by atoms with Crippen molar-refractivity contribution in [1.29, 1.82) is 0 Å². The Kier molecular flexibility index (Phi) is 2.88. The van der Waals surface area contributed by atoms with Crippen LogP contribution in [0.15, 0.2) is 24.3 Å². The lowest BCUT2D eigenvalue weighted by atomic mass is 10.1. The molecule has 4 heterocycles. The van der Waals surface area contributed by atoms with Gasteiger partial charge in [-0.3, -0.25) is 4.48 Å². The van der Waals surface area contributed by atoms with Crippen molar-refractivity contribution in [3.63, 3.8) is 0 Å². The number of hydrogen-bond donors (Lipinski definition) is 0. The van der Waals surface area contributed by atoms with Crippen molar-refractivity contribution < 1.29 is 12.4 Å². The van der Waals surface area contributed by atoms with E-state index >= 15 is 0 Å². The summed E-state index contributed by atoms with van der Waals surface area (Å²) in [5, 5.41) is 0. The first-order valence-electron chi connectivity index (χ1n) is 6.35. The Balaban J connectivity index is 0.000001000. The maximum atomic E-state index is 2.56. The van der Waals surface area contributed by atoms with Gasteiger partial charge in [0.05, 0.1) is 20.0 Å². The van der Waals surface area contributed by atoms with E-state index in [1.165, 1.54) is 31.3 Å². The van der Waals surface area contributed by atoms with Crippen LogP contribution in [0.4, 0.5) is 5.69 Å². The topological polar surface area (TPSA) is 9.72 Å². The first-order valence-corrected chi connectivity index (χ1v) is 6.35. The van der Waals surface area contributed by atoms with Crippen molar-refractivity contribution >= 4 is 5.69 Å². The Bertz CT molecular complexity index is 427. The van der Waals surface area contributed by atoms with Crippen LogP contribution in [0.25, 0.3) is 0 Å². The zero-order chi connectivity index (χ0) is 11.5. The number of rotatable bonds is 1. The van der Waals surface area contributed by atoms with Crippen LogP contribution in [0.1, 0.15) is 5.56 Å². The summed E-state index contributed by atoms with van der Waals surface area (Å²) in [5.41, 5.74) is 2.93. The van der Waals surface area contributed by atoms with E-state index < -0.39 is 0 Å². The average Bonchev–Trinajstić information content (AvgIpc) is 2.27. The van der Waals surface area contributed by atoms with Crippen molar-refractivity contribution in [1.82, 2.24) is 19.2 Å². The van der Waals surface area contributed by atoms with E-state index in [4.69, 9.17) is 0 Å². The first kappa shape index (κ1) is 12.4. The minimum absolute atomic E-state index is 0. The van der Waals surface area contributed by atoms with Crippen molar-refractivity contribution in [3.8, 4) is 0 Å². The maximum absolute atomic E-state index is 2.56. The van der Waals surface area contributed by atoms with Crippen molar-refractivity contribution in [2.75, 3.05) is 40.0 Å². The van der Waals surface area contributed by atoms with E-state index in [1.807, 2.05) is 0 Å². The standard InChI is InChI=1S/C13H19N4.ClH/c1-12-4-2-3-5-13(12)17-9-14-6-15(10-17)8-16(7-14)11-17;/h2-5H,6-11H2,1H3;1H/q+1;/p-1. The summed E-state index contributed by atoms with van der Waals surface area (Å²) < 4.78 is 1.10. The summed E-state index contributed by atoms with van der Waals surface area (Å²) in [4.78, 5) is 7.68.